The van der Waals surface area contributed by atoms with Gasteiger partial charge in [0.1, 0.15) is 6.04 Å². The maximum Gasteiger partial charge on any atom is 0.328 e. The van der Waals surface area contributed by atoms with Crippen LogP contribution in [0.2, 0.25) is 0 Å². The Morgan fingerprint density at radius 3 is 2.38 bits per heavy atom. The summed E-state index contributed by atoms with van der Waals surface area (Å²) in [5.41, 5.74) is 0. The predicted molar refractivity (Wildman–Crippen MR) is 60.7 cm³/mol. The molecule has 4 nitrogen and oxygen atoms in total. The molecule has 1 aliphatic carbocycles. The van der Waals surface area contributed by atoms with Gasteiger partial charge in [0.2, 0.25) is 5.91 Å². The van der Waals surface area contributed by atoms with Crippen molar-refractivity contribution in [1.29, 1.82) is 0 Å². The third kappa shape index (κ3) is 3.51. The Labute approximate surface area is 96.7 Å². The van der Waals surface area contributed by atoms with Crippen molar-refractivity contribution >= 4 is 11.9 Å². The van der Waals surface area contributed by atoms with Gasteiger partial charge in [0.15, 0.2) is 0 Å². The number of hydrogen-bond donors (Lipinski definition) is 1. The molecule has 1 aliphatic rings. The van der Waals surface area contributed by atoms with E-state index in [0.29, 0.717) is 12.3 Å². The summed E-state index contributed by atoms with van der Waals surface area (Å²) in [5.74, 6) is 0.119. The van der Waals surface area contributed by atoms with E-state index >= 15 is 0 Å². The van der Waals surface area contributed by atoms with Gasteiger partial charge in [0, 0.05) is 5.92 Å². The number of esters is 1. The lowest BCUT2D eigenvalue weighted by Crippen LogP contribution is -2.46. The van der Waals surface area contributed by atoms with Crippen molar-refractivity contribution in [3.63, 3.8) is 0 Å². The van der Waals surface area contributed by atoms with Gasteiger partial charge in [-0.2, -0.15) is 0 Å². The molecule has 1 N–H and O–H groups in total. The molecule has 0 heterocycles. The molecule has 92 valence electrons. The topological polar surface area (TPSA) is 55.4 Å². The number of amides is 1. The number of methoxy groups -OCH3 is 1. The fourth-order valence-electron chi connectivity index (χ4n) is 1.79. The van der Waals surface area contributed by atoms with E-state index < -0.39 is 6.04 Å². The predicted octanol–water partition coefficient (Wildman–Crippen LogP) is 1.49. The highest BCUT2D eigenvalue weighted by Gasteiger charge is 2.29. The van der Waals surface area contributed by atoms with Crippen LogP contribution in [-0.4, -0.2) is 25.0 Å². The number of ether oxygens (including phenoxy) is 1. The Morgan fingerprint density at radius 1 is 1.38 bits per heavy atom. The van der Waals surface area contributed by atoms with Crippen LogP contribution < -0.4 is 5.32 Å². The Bertz CT molecular complexity index is 259. The summed E-state index contributed by atoms with van der Waals surface area (Å²) in [4.78, 5) is 23.2. The first-order valence-electron chi connectivity index (χ1n) is 5.92. The van der Waals surface area contributed by atoms with Gasteiger partial charge in [-0.25, -0.2) is 4.79 Å². The maximum absolute atomic E-state index is 11.7. The maximum atomic E-state index is 11.7. The molecule has 16 heavy (non-hydrogen) atoms. The average Bonchev–Trinajstić information content (AvgIpc) is 2.11. The second kappa shape index (κ2) is 5.87. The van der Waals surface area contributed by atoms with Crippen molar-refractivity contribution in [2.45, 2.75) is 45.6 Å². The second-order valence-corrected chi connectivity index (χ2v) is 4.84. The molecular formula is C12H21NO3. The zero-order valence-corrected chi connectivity index (χ0v) is 10.3. The average molecular weight is 227 g/mol. The highest BCUT2D eigenvalue weighted by atomic mass is 16.5. The van der Waals surface area contributed by atoms with E-state index in [1.807, 2.05) is 13.8 Å². The van der Waals surface area contributed by atoms with E-state index in [0.717, 1.165) is 19.3 Å². The van der Waals surface area contributed by atoms with Crippen molar-refractivity contribution in [2.24, 2.45) is 11.8 Å². The number of carbonyl (C=O) groups is 2. The quantitative estimate of drug-likeness (QED) is 0.724. The zero-order valence-electron chi connectivity index (χ0n) is 10.3. The molecule has 1 atom stereocenters. The highest BCUT2D eigenvalue weighted by Crippen LogP contribution is 2.26. The first-order chi connectivity index (χ1) is 7.54. The van der Waals surface area contributed by atoms with Crippen molar-refractivity contribution in [1.82, 2.24) is 5.32 Å². The van der Waals surface area contributed by atoms with E-state index in [4.69, 9.17) is 4.74 Å². The summed E-state index contributed by atoms with van der Waals surface area (Å²) in [6.45, 7) is 4.04. The minimum Gasteiger partial charge on any atom is -0.467 e. The molecule has 0 aromatic heterocycles. The highest BCUT2D eigenvalue weighted by molar-refractivity contribution is 5.86. The molecular weight excluding hydrogens is 206 g/mol. The van der Waals surface area contributed by atoms with Gasteiger partial charge in [-0.15, -0.1) is 0 Å². The smallest absolute Gasteiger partial charge is 0.328 e. The van der Waals surface area contributed by atoms with Gasteiger partial charge in [0.25, 0.3) is 0 Å². The SMILES string of the molecule is COC(=O)C(CC(C)C)NC(=O)C1CCC1. The molecule has 4 heteroatoms. The summed E-state index contributed by atoms with van der Waals surface area (Å²) < 4.78 is 4.69. The summed E-state index contributed by atoms with van der Waals surface area (Å²) in [7, 11) is 1.35. The lowest BCUT2D eigenvalue weighted by Gasteiger charge is -2.27. The van der Waals surface area contributed by atoms with E-state index in [9.17, 15) is 9.59 Å². The minimum absolute atomic E-state index is 0.00213. The van der Waals surface area contributed by atoms with Crippen molar-refractivity contribution in [3.05, 3.63) is 0 Å². The molecule has 1 rings (SSSR count). The van der Waals surface area contributed by atoms with Crippen molar-refractivity contribution < 1.29 is 14.3 Å². The van der Waals surface area contributed by atoms with Crippen LogP contribution in [0.5, 0.6) is 0 Å². The first-order valence-corrected chi connectivity index (χ1v) is 5.92. The first kappa shape index (κ1) is 13.0. The standard InChI is InChI=1S/C12H21NO3/c1-8(2)7-10(12(15)16-3)13-11(14)9-5-4-6-9/h8-10H,4-7H2,1-3H3,(H,13,14). The van der Waals surface area contributed by atoms with Gasteiger partial charge < -0.3 is 10.1 Å². The van der Waals surface area contributed by atoms with E-state index in [2.05, 4.69) is 5.32 Å². The molecule has 0 aromatic carbocycles. The monoisotopic (exact) mass is 227 g/mol. The number of rotatable bonds is 5. The number of carbonyl (C=O) groups excluding carboxylic acids is 2. The minimum atomic E-state index is -0.488. The summed E-state index contributed by atoms with van der Waals surface area (Å²) in [6.07, 6.45) is 3.64. The van der Waals surface area contributed by atoms with Gasteiger partial charge in [-0.3, -0.25) is 4.79 Å². The summed E-state index contributed by atoms with van der Waals surface area (Å²) >= 11 is 0. The van der Waals surface area contributed by atoms with Crippen molar-refractivity contribution in [3.8, 4) is 0 Å². The molecule has 1 amide bonds. The summed E-state index contributed by atoms with van der Waals surface area (Å²) in [6, 6.07) is -0.488. The molecule has 1 unspecified atom stereocenters. The lowest BCUT2D eigenvalue weighted by atomic mass is 9.84. The second-order valence-electron chi connectivity index (χ2n) is 4.84. The third-order valence-corrected chi connectivity index (χ3v) is 2.99. The van der Waals surface area contributed by atoms with Crippen LogP contribution in [0.3, 0.4) is 0 Å². The largest absolute Gasteiger partial charge is 0.467 e. The van der Waals surface area contributed by atoms with Gasteiger partial charge >= 0.3 is 5.97 Å². The normalized spacial score (nSPS) is 17.8. The molecule has 0 aromatic rings. The number of hydrogen-bond acceptors (Lipinski definition) is 3. The molecule has 0 radical (unpaired) electrons. The van der Waals surface area contributed by atoms with Crippen LogP contribution in [0.4, 0.5) is 0 Å². The Hall–Kier alpha value is -1.06. The van der Waals surface area contributed by atoms with Gasteiger partial charge in [-0.1, -0.05) is 20.3 Å². The molecule has 0 aliphatic heterocycles. The van der Waals surface area contributed by atoms with Crippen LogP contribution in [0.1, 0.15) is 39.5 Å². The molecule has 1 saturated carbocycles. The Kier molecular flexibility index (Phi) is 4.77. The van der Waals surface area contributed by atoms with Gasteiger partial charge in [-0.05, 0) is 25.2 Å². The zero-order chi connectivity index (χ0) is 12.1. The van der Waals surface area contributed by atoms with Crippen LogP contribution >= 0.6 is 0 Å². The fraction of sp³-hybridized carbons (Fsp3) is 0.833. The lowest BCUT2D eigenvalue weighted by molar-refractivity contribution is -0.146. The van der Waals surface area contributed by atoms with Crippen LogP contribution in [0.15, 0.2) is 0 Å². The summed E-state index contributed by atoms with van der Waals surface area (Å²) in [5, 5.41) is 2.79. The van der Waals surface area contributed by atoms with Crippen LogP contribution in [0, 0.1) is 11.8 Å². The van der Waals surface area contributed by atoms with E-state index in [1.165, 1.54) is 7.11 Å². The van der Waals surface area contributed by atoms with Gasteiger partial charge in [0.05, 0.1) is 7.11 Å². The number of nitrogens with one attached hydrogen (secondary N) is 1. The van der Waals surface area contributed by atoms with E-state index in [-0.39, 0.29) is 17.8 Å². The van der Waals surface area contributed by atoms with Crippen LogP contribution in [-0.2, 0) is 14.3 Å². The Morgan fingerprint density at radius 2 is 2.00 bits per heavy atom. The molecule has 1 fully saturated rings. The Balaban J connectivity index is 2.48. The van der Waals surface area contributed by atoms with E-state index in [1.54, 1.807) is 0 Å². The molecule has 0 bridgehead atoms. The fourth-order valence-corrected chi connectivity index (χ4v) is 1.79. The third-order valence-electron chi connectivity index (χ3n) is 2.99. The molecule has 0 saturated heterocycles. The molecule has 0 spiro atoms. The van der Waals surface area contributed by atoms with Crippen molar-refractivity contribution in [2.75, 3.05) is 7.11 Å². The van der Waals surface area contributed by atoms with Crippen LogP contribution in [0.25, 0.3) is 0 Å².